The molecule has 1 amide bonds. The fourth-order valence-electron chi connectivity index (χ4n) is 2.63. The summed E-state index contributed by atoms with van der Waals surface area (Å²) in [7, 11) is 3.48. The highest BCUT2D eigenvalue weighted by Crippen LogP contribution is 2.22. The molecule has 1 aliphatic heterocycles. The van der Waals surface area contributed by atoms with Gasteiger partial charge in [-0.15, -0.1) is 0 Å². The van der Waals surface area contributed by atoms with Gasteiger partial charge in [0.05, 0.1) is 6.61 Å². The van der Waals surface area contributed by atoms with Crippen LogP contribution in [-0.2, 0) is 4.74 Å². The van der Waals surface area contributed by atoms with Gasteiger partial charge >= 0.3 is 0 Å². The number of aromatic amines is 1. The molecule has 7 nitrogen and oxygen atoms in total. The molecule has 2 heterocycles. The van der Waals surface area contributed by atoms with E-state index < -0.39 is 0 Å². The van der Waals surface area contributed by atoms with E-state index in [-0.39, 0.29) is 22.4 Å². The van der Waals surface area contributed by atoms with Crippen LogP contribution in [0.5, 0.6) is 0 Å². The number of anilines is 1. The second kappa shape index (κ2) is 7.11. The van der Waals surface area contributed by atoms with Crippen molar-refractivity contribution in [1.82, 2.24) is 20.0 Å². The Labute approximate surface area is 129 Å². The van der Waals surface area contributed by atoms with Gasteiger partial charge in [-0.1, -0.05) is 11.6 Å². The van der Waals surface area contributed by atoms with Gasteiger partial charge in [-0.2, -0.15) is 5.10 Å². The monoisotopic (exact) mass is 315 g/mol. The molecule has 0 saturated carbocycles. The van der Waals surface area contributed by atoms with Crippen LogP contribution < -0.4 is 5.73 Å². The van der Waals surface area contributed by atoms with Crippen LogP contribution in [0.1, 0.15) is 16.9 Å². The third-order valence-corrected chi connectivity index (χ3v) is 4.19. The molecule has 3 N–H and O–H groups in total. The topological polar surface area (TPSA) is 87.5 Å². The lowest BCUT2D eigenvalue weighted by Crippen LogP contribution is -2.34. The molecule has 1 saturated heterocycles. The van der Waals surface area contributed by atoms with Crippen LogP contribution in [0.3, 0.4) is 0 Å². The summed E-state index contributed by atoms with van der Waals surface area (Å²) in [5, 5.41) is 6.53. The number of ether oxygens (including phenoxy) is 1. The third kappa shape index (κ3) is 3.87. The van der Waals surface area contributed by atoms with E-state index in [4.69, 9.17) is 22.1 Å². The first-order chi connectivity index (χ1) is 10.0. The maximum atomic E-state index is 12.3. The maximum absolute atomic E-state index is 12.3. The number of amides is 1. The first kappa shape index (κ1) is 16.1. The van der Waals surface area contributed by atoms with Gasteiger partial charge in [0.2, 0.25) is 0 Å². The van der Waals surface area contributed by atoms with Crippen LogP contribution in [-0.4, -0.2) is 72.8 Å². The number of rotatable bonds is 6. The van der Waals surface area contributed by atoms with Gasteiger partial charge in [-0.3, -0.25) is 9.89 Å². The number of nitrogens with one attached hydrogen (secondary N) is 1. The Balaban J connectivity index is 1.86. The zero-order chi connectivity index (χ0) is 15.4. The van der Waals surface area contributed by atoms with Gasteiger partial charge in [-0.05, 0) is 18.9 Å². The maximum Gasteiger partial charge on any atom is 0.273 e. The third-order valence-electron chi connectivity index (χ3n) is 3.81. The predicted molar refractivity (Wildman–Crippen MR) is 81.4 cm³/mol. The predicted octanol–water partition coefficient (Wildman–Crippen LogP) is 0.686. The number of carbonyl (C=O) groups excluding carboxylic acids is 1. The van der Waals surface area contributed by atoms with Crippen LogP contribution >= 0.6 is 11.6 Å². The summed E-state index contributed by atoms with van der Waals surface area (Å²) in [5.41, 5.74) is 5.80. The summed E-state index contributed by atoms with van der Waals surface area (Å²) in [6, 6.07) is 0. The van der Waals surface area contributed by atoms with Crippen molar-refractivity contribution in [2.24, 2.45) is 5.92 Å². The van der Waals surface area contributed by atoms with Crippen molar-refractivity contribution in [3.05, 3.63) is 10.7 Å². The van der Waals surface area contributed by atoms with Crippen LogP contribution in [0.25, 0.3) is 0 Å². The number of nitrogens with zero attached hydrogens (tertiary/aromatic N) is 3. The van der Waals surface area contributed by atoms with E-state index in [0.29, 0.717) is 12.5 Å². The van der Waals surface area contributed by atoms with Crippen molar-refractivity contribution >= 4 is 23.3 Å². The van der Waals surface area contributed by atoms with Gasteiger partial charge in [0.25, 0.3) is 5.91 Å². The molecular weight excluding hydrogens is 294 g/mol. The minimum atomic E-state index is -0.181. The number of H-pyrrole nitrogens is 1. The van der Waals surface area contributed by atoms with Gasteiger partial charge in [0.15, 0.2) is 5.82 Å². The first-order valence-electron chi connectivity index (χ1n) is 6.99. The van der Waals surface area contributed by atoms with Crippen molar-refractivity contribution < 1.29 is 9.53 Å². The van der Waals surface area contributed by atoms with Crippen molar-refractivity contribution in [3.63, 3.8) is 0 Å². The Kier molecular flexibility index (Phi) is 5.44. The van der Waals surface area contributed by atoms with Crippen molar-refractivity contribution in [2.45, 2.75) is 6.42 Å². The Morgan fingerprint density at radius 2 is 2.43 bits per heavy atom. The second-order valence-electron chi connectivity index (χ2n) is 5.43. The molecule has 1 atom stereocenters. The smallest absolute Gasteiger partial charge is 0.273 e. The molecule has 21 heavy (non-hydrogen) atoms. The number of likely N-dealkylation sites (tertiary alicyclic amines) is 1. The average molecular weight is 316 g/mol. The average Bonchev–Trinajstić information content (AvgIpc) is 3.04. The van der Waals surface area contributed by atoms with Crippen LogP contribution in [0, 0.1) is 5.92 Å². The lowest BCUT2D eigenvalue weighted by molar-refractivity contribution is 0.0766. The minimum Gasteiger partial charge on any atom is -0.383 e. The summed E-state index contributed by atoms with van der Waals surface area (Å²) in [6.45, 7) is 4.41. The number of methoxy groups -OCH3 is 1. The summed E-state index contributed by atoms with van der Waals surface area (Å²) in [5.74, 6) is 0.439. The molecule has 1 aromatic rings. The fourth-order valence-corrected chi connectivity index (χ4v) is 2.80. The Morgan fingerprint density at radius 1 is 1.67 bits per heavy atom. The molecule has 1 aliphatic rings. The standard InChI is InChI=1S/C13H22ClN5O2/c1-18(13(20)11-10(14)12(15)17-16-11)7-9-3-4-19(8-9)5-6-21-2/h9H,3-8H2,1-2H3,(H3,15,16,17). The summed E-state index contributed by atoms with van der Waals surface area (Å²) in [6.07, 6.45) is 1.08. The zero-order valence-electron chi connectivity index (χ0n) is 12.4. The van der Waals surface area contributed by atoms with E-state index in [1.807, 2.05) is 0 Å². The van der Waals surface area contributed by atoms with E-state index in [1.54, 1.807) is 19.1 Å². The second-order valence-corrected chi connectivity index (χ2v) is 5.81. The van der Waals surface area contributed by atoms with Crippen molar-refractivity contribution in [1.29, 1.82) is 0 Å². The van der Waals surface area contributed by atoms with Gasteiger partial charge in [-0.25, -0.2) is 0 Å². The molecule has 0 aliphatic carbocycles. The molecule has 2 rings (SSSR count). The molecule has 1 unspecified atom stereocenters. The first-order valence-corrected chi connectivity index (χ1v) is 7.36. The number of hydrogen-bond donors (Lipinski definition) is 2. The normalized spacial score (nSPS) is 19.1. The summed E-state index contributed by atoms with van der Waals surface area (Å²) in [4.78, 5) is 16.3. The fraction of sp³-hybridized carbons (Fsp3) is 0.692. The van der Waals surface area contributed by atoms with Crippen LogP contribution in [0.4, 0.5) is 5.82 Å². The van der Waals surface area contributed by atoms with Gasteiger partial charge in [0, 0.05) is 33.8 Å². The van der Waals surface area contributed by atoms with E-state index in [9.17, 15) is 4.79 Å². The molecule has 0 radical (unpaired) electrons. The number of nitrogen functional groups attached to an aromatic ring is 1. The Bertz CT molecular complexity index is 493. The van der Waals surface area contributed by atoms with Gasteiger partial charge in [0.1, 0.15) is 10.7 Å². The van der Waals surface area contributed by atoms with Crippen LogP contribution in [0.15, 0.2) is 0 Å². The number of hydrogen-bond acceptors (Lipinski definition) is 5. The van der Waals surface area contributed by atoms with E-state index >= 15 is 0 Å². The highest BCUT2D eigenvalue weighted by atomic mass is 35.5. The van der Waals surface area contributed by atoms with E-state index in [2.05, 4.69) is 15.1 Å². The zero-order valence-corrected chi connectivity index (χ0v) is 13.2. The lowest BCUT2D eigenvalue weighted by atomic mass is 10.1. The SMILES string of the molecule is COCCN1CCC(CN(C)C(=O)c2[nH]nc(N)c2Cl)C1. The van der Waals surface area contributed by atoms with Gasteiger partial charge < -0.3 is 20.3 Å². The minimum absolute atomic E-state index is 0.153. The molecule has 8 heteroatoms. The summed E-state index contributed by atoms with van der Waals surface area (Å²) < 4.78 is 5.09. The number of nitrogens with two attached hydrogens (primary N) is 1. The highest BCUT2D eigenvalue weighted by molar-refractivity contribution is 6.35. The van der Waals surface area contributed by atoms with Crippen LogP contribution in [0.2, 0.25) is 5.02 Å². The molecule has 118 valence electrons. The number of aromatic nitrogens is 2. The Morgan fingerprint density at radius 3 is 3.05 bits per heavy atom. The molecular formula is C13H22ClN5O2. The summed E-state index contributed by atoms with van der Waals surface area (Å²) >= 11 is 5.96. The number of carbonyl (C=O) groups is 1. The van der Waals surface area contributed by atoms with Crippen molar-refractivity contribution in [2.75, 3.05) is 52.7 Å². The molecule has 1 fully saturated rings. The molecule has 1 aromatic heterocycles. The van der Waals surface area contributed by atoms with Crippen molar-refractivity contribution in [3.8, 4) is 0 Å². The van der Waals surface area contributed by atoms with E-state index in [1.165, 1.54) is 0 Å². The molecule has 0 bridgehead atoms. The highest BCUT2D eigenvalue weighted by Gasteiger charge is 2.26. The molecule has 0 aromatic carbocycles. The molecule has 0 spiro atoms. The van der Waals surface area contributed by atoms with E-state index in [0.717, 1.165) is 32.7 Å². The largest absolute Gasteiger partial charge is 0.383 e. The Hall–Kier alpha value is -1.31. The quantitative estimate of drug-likeness (QED) is 0.806. The lowest BCUT2D eigenvalue weighted by Gasteiger charge is -2.21. The number of halogens is 1.